The topological polar surface area (TPSA) is 76.1 Å². The van der Waals surface area contributed by atoms with Crippen molar-refractivity contribution in [3.63, 3.8) is 0 Å². The Hall–Kier alpha value is -4.19. The first-order valence-corrected chi connectivity index (χ1v) is 9.93. The van der Waals surface area contributed by atoms with Crippen LogP contribution in [0.5, 0.6) is 5.75 Å². The Morgan fingerprint density at radius 2 is 1.74 bits per heavy atom. The zero-order chi connectivity index (χ0) is 21.5. The minimum absolute atomic E-state index is 0.181. The highest BCUT2D eigenvalue weighted by Gasteiger charge is 2.07. The standard InChI is InChI=1S/C25H22N4O2/c1-2-6-24(30)28-20-11-14-23-22(15-20)25(27-17-26-23)29-19-9-12-21(13-10-19)31-16-18-7-4-3-5-8-18/h2-15,17H,16H2,1H3,(H,28,30)(H,26,27,29). The first kappa shape index (κ1) is 20.1. The van der Waals surface area contributed by atoms with Crippen LogP contribution in [0.25, 0.3) is 10.9 Å². The molecule has 4 rings (SSSR count). The quantitative estimate of drug-likeness (QED) is 0.395. The first-order valence-electron chi connectivity index (χ1n) is 9.93. The zero-order valence-electron chi connectivity index (χ0n) is 17.1. The van der Waals surface area contributed by atoms with Crippen LogP contribution < -0.4 is 15.4 Å². The van der Waals surface area contributed by atoms with E-state index in [2.05, 4.69) is 20.6 Å². The summed E-state index contributed by atoms with van der Waals surface area (Å²) in [5.74, 6) is 1.26. The fourth-order valence-electron chi connectivity index (χ4n) is 3.08. The summed E-state index contributed by atoms with van der Waals surface area (Å²) in [7, 11) is 0. The molecule has 0 aliphatic rings. The first-order chi connectivity index (χ1) is 15.2. The maximum Gasteiger partial charge on any atom is 0.248 e. The van der Waals surface area contributed by atoms with Gasteiger partial charge in [-0.25, -0.2) is 9.97 Å². The molecule has 4 aromatic rings. The van der Waals surface area contributed by atoms with Gasteiger partial charge in [-0.1, -0.05) is 36.4 Å². The molecule has 0 saturated carbocycles. The molecule has 0 fully saturated rings. The zero-order valence-corrected chi connectivity index (χ0v) is 17.1. The third kappa shape index (κ3) is 5.25. The largest absolute Gasteiger partial charge is 0.489 e. The number of allylic oxidation sites excluding steroid dienone is 1. The molecular weight excluding hydrogens is 388 g/mol. The number of fused-ring (bicyclic) bond motifs is 1. The molecule has 2 N–H and O–H groups in total. The maximum absolute atomic E-state index is 11.8. The van der Waals surface area contributed by atoms with E-state index in [4.69, 9.17) is 4.74 Å². The summed E-state index contributed by atoms with van der Waals surface area (Å²) in [6.07, 6.45) is 4.69. The lowest BCUT2D eigenvalue weighted by atomic mass is 10.2. The van der Waals surface area contributed by atoms with Crippen molar-refractivity contribution < 1.29 is 9.53 Å². The van der Waals surface area contributed by atoms with E-state index in [-0.39, 0.29) is 5.91 Å². The Bertz CT molecular complexity index is 1210. The molecule has 1 aromatic heterocycles. The normalized spacial score (nSPS) is 10.9. The van der Waals surface area contributed by atoms with Crippen molar-refractivity contribution >= 4 is 34.0 Å². The Morgan fingerprint density at radius 1 is 0.968 bits per heavy atom. The second-order valence-electron chi connectivity index (χ2n) is 6.87. The number of anilines is 3. The third-order valence-corrected chi connectivity index (χ3v) is 4.59. The van der Waals surface area contributed by atoms with Gasteiger partial charge in [0.25, 0.3) is 0 Å². The van der Waals surface area contributed by atoms with Crippen molar-refractivity contribution in [2.45, 2.75) is 13.5 Å². The predicted octanol–water partition coefficient (Wildman–Crippen LogP) is 5.47. The van der Waals surface area contributed by atoms with Crippen LogP contribution in [0, 0.1) is 0 Å². The number of aromatic nitrogens is 2. The van der Waals surface area contributed by atoms with Crippen molar-refractivity contribution in [2.75, 3.05) is 10.6 Å². The van der Waals surface area contributed by atoms with Crippen LogP contribution in [0.15, 0.2) is 91.3 Å². The third-order valence-electron chi connectivity index (χ3n) is 4.59. The highest BCUT2D eigenvalue weighted by atomic mass is 16.5. The van der Waals surface area contributed by atoms with E-state index >= 15 is 0 Å². The summed E-state index contributed by atoms with van der Waals surface area (Å²) < 4.78 is 5.84. The van der Waals surface area contributed by atoms with E-state index in [9.17, 15) is 4.79 Å². The molecule has 6 nitrogen and oxygen atoms in total. The van der Waals surface area contributed by atoms with Gasteiger partial charge in [0.15, 0.2) is 0 Å². The second-order valence-corrected chi connectivity index (χ2v) is 6.87. The molecule has 0 unspecified atom stereocenters. The fourth-order valence-corrected chi connectivity index (χ4v) is 3.08. The number of nitrogens with one attached hydrogen (secondary N) is 2. The summed E-state index contributed by atoms with van der Waals surface area (Å²) in [5.41, 5.74) is 3.45. The van der Waals surface area contributed by atoms with Crippen LogP contribution in [0.3, 0.4) is 0 Å². The predicted molar refractivity (Wildman–Crippen MR) is 123 cm³/mol. The minimum atomic E-state index is -0.181. The summed E-state index contributed by atoms with van der Waals surface area (Å²) in [5, 5.41) is 6.97. The average molecular weight is 410 g/mol. The van der Waals surface area contributed by atoms with Crippen LogP contribution in [0.2, 0.25) is 0 Å². The Labute approximate surface area is 180 Å². The van der Waals surface area contributed by atoms with Crippen LogP contribution in [0.4, 0.5) is 17.2 Å². The number of nitrogens with zero attached hydrogens (tertiary/aromatic N) is 2. The van der Waals surface area contributed by atoms with Crippen molar-refractivity contribution in [1.29, 1.82) is 0 Å². The smallest absolute Gasteiger partial charge is 0.248 e. The van der Waals surface area contributed by atoms with Gasteiger partial charge in [-0.05, 0) is 61.0 Å². The lowest BCUT2D eigenvalue weighted by Crippen LogP contribution is -2.07. The summed E-state index contributed by atoms with van der Waals surface area (Å²) in [6.45, 7) is 2.32. The van der Waals surface area contributed by atoms with E-state index in [1.54, 1.807) is 13.0 Å². The molecule has 6 heteroatoms. The van der Waals surface area contributed by atoms with Crippen molar-refractivity contribution in [2.24, 2.45) is 0 Å². The van der Waals surface area contributed by atoms with Gasteiger partial charge in [-0.2, -0.15) is 0 Å². The van der Waals surface area contributed by atoms with Crippen LogP contribution in [-0.4, -0.2) is 15.9 Å². The summed E-state index contributed by atoms with van der Waals surface area (Å²) in [4.78, 5) is 20.5. The van der Waals surface area contributed by atoms with Gasteiger partial charge in [0.2, 0.25) is 5.91 Å². The molecule has 0 atom stereocenters. The monoisotopic (exact) mass is 410 g/mol. The van der Waals surface area contributed by atoms with Crippen molar-refractivity contribution in [3.05, 3.63) is 96.8 Å². The lowest BCUT2D eigenvalue weighted by molar-refractivity contribution is -0.111. The molecule has 1 heterocycles. The van der Waals surface area contributed by atoms with Gasteiger partial charge < -0.3 is 15.4 Å². The SMILES string of the molecule is CC=CC(=O)Nc1ccc2ncnc(Nc3ccc(OCc4ccccc4)cc3)c2c1. The van der Waals surface area contributed by atoms with E-state index in [1.165, 1.54) is 12.4 Å². The minimum Gasteiger partial charge on any atom is -0.489 e. The molecule has 3 aromatic carbocycles. The average Bonchev–Trinajstić information content (AvgIpc) is 2.80. The van der Waals surface area contributed by atoms with Gasteiger partial charge in [0, 0.05) is 16.8 Å². The number of ether oxygens (including phenoxy) is 1. The molecule has 0 radical (unpaired) electrons. The van der Waals surface area contributed by atoms with E-state index in [1.807, 2.05) is 72.8 Å². The number of hydrogen-bond acceptors (Lipinski definition) is 5. The number of carbonyl (C=O) groups is 1. The van der Waals surface area contributed by atoms with Gasteiger partial charge in [0.1, 0.15) is 24.5 Å². The number of hydrogen-bond donors (Lipinski definition) is 2. The van der Waals surface area contributed by atoms with Crippen LogP contribution in [-0.2, 0) is 11.4 Å². The van der Waals surface area contributed by atoms with Gasteiger partial charge in [-0.15, -0.1) is 0 Å². The second kappa shape index (κ2) is 9.54. The molecular formula is C25H22N4O2. The highest BCUT2D eigenvalue weighted by molar-refractivity contribution is 6.01. The van der Waals surface area contributed by atoms with Gasteiger partial charge >= 0.3 is 0 Å². The van der Waals surface area contributed by atoms with Gasteiger partial charge in [-0.3, -0.25) is 4.79 Å². The highest BCUT2D eigenvalue weighted by Crippen LogP contribution is 2.27. The number of rotatable bonds is 7. The summed E-state index contributed by atoms with van der Waals surface area (Å²) in [6, 6.07) is 23.3. The van der Waals surface area contributed by atoms with Crippen LogP contribution in [0.1, 0.15) is 12.5 Å². The van der Waals surface area contributed by atoms with Crippen LogP contribution >= 0.6 is 0 Å². The number of amides is 1. The molecule has 1 amide bonds. The van der Waals surface area contributed by atoms with E-state index < -0.39 is 0 Å². The molecule has 0 spiro atoms. The molecule has 31 heavy (non-hydrogen) atoms. The van der Waals surface area contributed by atoms with Crippen molar-refractivity contribution in [3.8, 4) is 5.75 Å². The fraction of sp³-hybridized carbons (Fsp3) is 0.0800. The Kier molecular flexibility index (Phi) is 6.18. The van der Waals surface area contributed by atoms with Crippen molar-refractivity contribution in [1.82, 2.24) is 9.97 Å². The number of carbonyl (C=O) groups excluding carboxylic acids is 1. The molecule has 0 saturated heterocycles. The lowest BCUT2D eigenvalue weighted by Gasteiger charge is -2.11. The molecule has 154 valence electrons. The molecule has 0 aliphatic heterocycles. The van der Waals surface area contributed by atoms with E-state index in [0.717, 1.165) is 27.9 Å². The molecule has 0 bridgehead atoms. The maximum atomic E-state index is 11.8. The summed E-state index contributed by atoms with van der Waals surface area (Å²) >= 11 is 0. The molecule has 0 aliphatic carbocycles. The van der Waals surface area contributed by atoms with E-state index in [0.29, 0.717) is 18.1 Å². The Balaban J connectivity index is 1.49. The Morgan fingerprint density at radius 3 is 2.52 bits per heavy atom. The number of benzene rings is 3. The van der Waals surface area contributed by atoms with Gasteiger partial charge in [0.05, 0.1) is 5.52 Å².